The van der Waals surface area contributed by atoms with Crippen LogP contribution in [0.3, 0.4) is 0 Å². The first kappa shape index (κ1) is 18.1. The highest BCUT2D eigenvalue weighted by Gasteiger charge is 2.31. The molecule has 2 aliphatic heterocycles. The minimum Gasteiger partial charge on any atom is -0.493 e. The molecule has 0 amide bonds. The molecule has 8 heteroatoms. The number of nitrogens with one attached hydrogen (secondary N) is 1. The van der Waals surface area contributed by atoms with Gasteiger partial charge in [0.2, 0.25) is 0 Å². The molecule has 0 saturated carbocycles. The third kappa shape index (κ3) is 2.74. The summed E-state index contributed by atoms with van der Waals surface area (Å²) in [5.41, 5.74) is 5.07. The van der Waals surface area contributed by atoms with Crippen LogP contribution < -0.4 is 14.8 Å². The Kier molecular flexibility index (Phi) is 4.05. The van der Waals surface area contributed by atoms with Crippen LogP contribution in [0.1, 0.15) is 29.7 Å². The molecule has 31 heavy (non-hydrogen) atoms. The molecule has 5 heterocycles. The van der Waals surface area contributed by atoms with Crippen LogP contribution in [0.4, 0.5) is 10.2 Å². The molecule has 4 aromatic rings. The summed E-state index contributed by atoms with van der Waals surface area (Å²) in [4.78, 5) is 4.52. The Morgan fingerprint density at radius 2 is 2.03 bits per heavy atom. The molecule has 1 atom stereocenters. The maximum Gasteiger partial charge on any atom is 0.170 e. The maximum absolute atomic E-state index is 14.7. The molecule has 0 aliphatic carbocycles. The van der Waals surface area contributed by atoms with E-state index in [1.807, 2.05) is 22.6 Å². The first-order valence-electron chi connectivity index (χ1n) is 10.4. The van der Waals surface area contributed by atoms with Crippen molar-refractivity contribution in [1.29, 1.82) is 0 Å². The summed E-state index contributed by atoms with van der Waals surface area (Å²) >= 11 is 0. The van der Waals surface area contributed by atoms with Crippen molar-refractivity contribution in [3.05, 3.63) is 65.5 Å². The fraction of sp³-hybridized carbons (Fsp3) is 0.261. The van der Waals surface area contributed by atoms with Crippen LogP contribution >= 0.6 is 0 Å². The van der Waals surface area contributed by atoms with Crippen LogP contribution in [0.2, 0.25) is 0 Å². The van der Waals surface area contributed by atoms with E-state index in [1.54, 1.807) is 18.6 Å². The third-order valence-corrected chi connectivity index (χ3v) is 6.03. The van der Waals surface area contributed by atoms with Gasteiger partial charge >= 0.3 is 0 Å². The molecule has 0 radical (unpaired) electrons. The normalized spacial score (nSPS) is 16.9. The van der Waals surface area contributed by atoms with E-state index >= 15 is 0 Å². The SMILES string of the molecule is CCc1ncccc1-c1cc2c(n3cnnc13)NCc1c(F)ccc3c1[C@@H](CO3)CO2. The van der Waals surface area contributed by atoms with Gasteiger partial charge in [0.25, 0.3) is 0 Å². The molecule has 0 spiro atoms. The smallest absolute Gasteiger partial charge is 0.170 e. The first-order chi connectivity index (χ1) is 15.2. The van der Waals surface area contributed by atoms with E-state index in [-0.39, 0.29) is 11.7 Å². The number of hydrogen-bond donors (Lipinski definition) is 1. The number of anilines is 1. The molecular weight excluding hydrogens is 397 g/mol. The Morgan fingerprint density at radius 1 is 1.16 bits per heavy atom. The molecule has 0 fully saturated rings. The number of aromatic nitrogens is 4. The van der Waals surface area contributed by atoms with Crippen molar-refractivity contribution in [2.24, 2.45) is 0 Å². The van der Waals surface area contributed by atoms with Gasteiger partial charge in [-0.25, -0.2) is 4.39 Å². The van der Waals surface area contributed by atoms with Crippen LogP contribution in [-0.4, -0.2) is 32.8 Å². The van der Waals surface area contributed by atoms with Gasteiger partial charge < -0.3 is 14.8 Å². The molecule has 1 aromatic carbocycles. The Hall–Kier alpha value is -3.68. The second-order valence-corrected chi connectivity index (χ2v) is 7.76. The first-order valence-corrected chi connectivity index (χ1v) is 10.4. The van der Waals surface area contributed by atoms with Gasteiger partial charge in [0, 0.05) is 40.7 Å². The standard InChI is InChI=1S/C23H20FN5O2/c1-2-18-14(4-3-7-25-18)15-8-20-23(29-12-27-28-22(15)29)26-9-16-17(24)5-6-19-21(16)13(10-30-19)11-31-20/h3-8,12-13,26H,2,9-11H2,1H3/t13-/m0/s1. The number of ether oxygens (including phenoxy) is 2. The third-order valence-electron chi connectivity index (χ3n) is 6.03. The molecule has 156 valence electrons. The van der Waals surface area contributed by atoms with Crippen molar-refractivity contribution in [2.45, 2.75) is 25.8 Å². The zero-order chi connectivity index (χ0) is 20.9. The average Bonchev–Trinajstić information content (AvgIpc) is 3.45. The fourth-order valence-corrected chi connectivity index (χ4v) is 4.55. The van der Waals surface area contributed by atoms with Gasteiger partial charge in [-0.3, -0.25) is 9.38 Å². The predicted molar refractivity (Wildman–Crippen MR) is 113 cm³/mol. The predicted octanol–water partition coefficient (Wildman–Crippen LogP) is 3.97. The average molecular weight is 417 g/mol. The summed E-state index contributed by atoms with van der Waals surface area (Å²) in [6.45, 7) is 3.25. The lowest BCUT2D eigenvalue weighted by molar-refractivity contribution is 0.249. The highest BCUT2D eigenvalue weighted by Crippen LogP contribution is 2.42. The topological polar surface area (TPSA) is 73.6 Å². The van der Waals surface area contributed by atoms with Crippen LogP contribution in [0.5, 0.6) is 11.5 Å². The number of halogens is 1. The van der Waals surface area contributed by atoms with Gasteiger partial charge in [-0.05, 0) is 30.7 Å². The Balaban J connectivity index is 1.53. The summed E-state index contributed by atoms with van der Waals surface area (Å²) in [5.74, 6) is 1.82. The molecule has 0 saturated heterocycles. The minimum atomic E-state index is -0.246. The zero-order valence-electron chi connectivity index (χ0n) is 16.9. The monoisotopic (exact) mass is 417 g/mol. The number of aryl methyl sites for hydroxylation is 1. The molecule has 3 aromatic heterocycles. The van der Waals surface area contributed by atoms with Gasteiger partial charge in [-0.15, -0.1) is 10.2 Å². The van der Waals surface area contributed by atoms with Crippen molar-refractivity contribution in [2.75, 3.05) is 18.5 Å². The van der Waals surface area contributed by atoms with Crippen LogP contribution in [0, 0.1) is 5.82 Å². The maximum atomic E-state index is 14.7. The van der Waals surface area contributed by atoms with Gasteiger partial charge in [0.15, 0.2) is 17.2 Å². The second-order valence-electron chi connectivity index (χ2n) is 7.76. The summed E-state index contributed by atoms with van der Waals surface area (Å²) in [7, 11) is 0. The Morgan fingerprint density at radius 3 is 2.90 bits per heavy atom. The zero-order valence-corrected chi connectivity index (χ0v) is 16.9. The molecule has 2 aliphatic rings. The lowest BCUT2D eigenvalue weighted by Gasteiger charge is -2.17. The number of pyridine rings is 2. The molecule has 0 unspecified atom stereocenters. The highest BCUT2D eigenvalue weighted by molar-refractivity contribution is 5.83. The van der Waals surface area contributed by atoms with Crippen LogP contribution in [0.15, 0.2) is 42.9 Å². The van der Waals surface area contributed by atoms with Crippen molar-refractivity contribution < 1.29 is 13.9 Å². The molecule has 6 rings (SSSR count). The molecule has 1 N–H and O–H groups in total. The molecule has 7 nitrogen and oxygen atoms in total. The molecule has 0 bridgehead atoms. The van der Waals surface area contributed by atoms with E-state index in [0.717, 1.165) is 34.6 Å². The lowest BCUT2D eigenvalue weighted by Crippen LogP contribution is -2.13. The van der Waals surface area contributed by atoms with Crippen molar-refractivity contribution in [1.82, 2.24) is 19.6 Å². The van der Waals surface area contributed by atoms with Gasteiger partial charge in [0.1, 0.15) is 17.9 Å². The number of hydrogen-bond acceptors (Lipinski definition) is 6. The Labute approximate surface area is 177 Å². The summed E-state index contributed by atoms with van der Waals surface area (Å²) in [6.07, 6.45) is 4.24. The van der Waals surface area contributed by atoms with Crippen molar-refractivity contribution >= 4 is 11.5 Å². The van der Waals surface area contributed by atoms with E-state index in [9.17, 15) is 4.39 Å². The van der Waals surface area contributed by atoms with E-state index in [4.69, 9.17) is 9.47 Å². The van der Waals surface area contributed by atoms with Crippen molar-refractivity contribution in [3.63, 3.8) is 0 Å². The van der Waals surface area contributed by atoms with Gasteiger partial charge in [-0.2, -0.15) is 0 Å². The van der Waals surface area contributed by atoms with E-state index in [2.05, 4.69) is 27.4 Å². The molecular formula is C23H20FN5O2. The lowest BCUT2D eigenvalue weighted by atomic mass is 9.96. The largest absolute Gasteiger partial charge is 0.493 e. The number of benzene rings is 1. The summed E-state index contributed by atoms with van der Waals surface area (Å²) in [5, 5.41) is 11.8. The summed E-state index contributed by atoms with van der Waals surface area (Å²) in [6, 6.07) is 9.09. The fourth-order valence-electron chi connectivity index (χ4n) is 4.55. The Bertz CT molecular complexity index is 1320. The van der Waals surface area contributed by atoms with Crippen molar-refractivity contribution in [3.8, 4) is 22.6 Å². The number of nitrogens with zero attached hydrogens (tertiary/aromatic N) is 4. The van der Waals surface area contributed by atoms with E-state index in [1.165, 1.54) is 6.07 Å². The van der Waals surface area contributed by atoms with Gasteiger partial charge in [-0.1, -0.05) is 13.0 Å². The van der Waals surface area contributed by atoms with Crippen LogP contribution in [0.25, 0.3) is 16.8 Å². The van der Waals surface area contributed by atoms with Crippen LogP contribution in [-0.2, 0) is 13.0 Å². The summed E-state index contributed by atoms with van der Waals surface area (Å²) < 4.78 is 28.7. The highest BCUT2D eigenvalue weighted by atomic mass is 19.1. The second kappa shape index (κ2) is 6.94. The number of fused-ring (bicyclic) bond motifs is 3. The number of rotatable bonds is 2. The van der Waals surface area contributed by atoms with E-state index < -0.39 is 0 Å². The quantitative estimate of drug-likeness (QED) is 0.532. The van der Waals surface area contributed by atoms with Gasteiger partial charge in [0.05, 0.1) is 19.1 Å². The minimum absolute atomic E-state index is 0.0295. The van der Waals surface area contributed by atoms with E-state index in [0.29, 0.717) is 42.5 Å².